The molecule has 0 saturated heterocycles. The molecule has 0 fully saturated rings. The lowest BCUT2D eigenvalue weighted by atomic mass is 9.93. The van der Waals surface area contributed by atoms with E-state index < -0.39 is 0 Å². The first-order chi connectivity index (χ1) is 20.8. The maximum absolute atomic E-state index is 2.51. The van der Waals surface area contributed by atoms with Gasteiger partial charge in [-0.1, -0.05) is 103 Å². The van der Waals surface area contributed by atoms with Gasteiger partial charge in [-0.2, -0.15) is 0 Å². The third-order valence-electron chi connectivity index (χ3n) is 9.10. The first-order valence-corrected chi connectivity index (χ1v) is 15.3. The molecule has 2 aromatic heterocycles. The van der Waals surface area contributed by atoms with Crippen molar-refractivity contribution in [3.63, 3.8) is 0 Å². The Morgan fingerprint density at radius 3 is 1.90 bits per heavy atom. The van der Waals surface area contributed by atoms with E-state index in [0.29, 0.717) is 0 Å². The topological polar surface area (TPSA) is 4.93 Å². The van der Waals surface area contributed by atoms with Gasteiger partial charge >= 0.3 is 0 Å². The molecule has 10 aromatic rings. The molecule has 0 spiro atoms. The Bertz CT molecular complexity index is 2740. The molecule has 8 aromatic carbocycles. The third-order valence-corrected chi connectivity index (χ3v) is 10.2. The van der Waals surface area contributed by atoms with E-state index in [1.54, 1.807) is 0 Å². The van der Waals surface area contributed by atoms with E-state index in [-0.39, 0.29) is 0 Å². The summed E-state index contributed by atoms with van der Waals surface area (Å²) in [6, 6.07) is 51.7. The molecule has 42 heavy (non-hydrogen) atoms. The van der Waals surface area contributed by atoms with Crippen molar-refractivity contribution in [1.29, 1.82) is 0 Å². The highest BCUT2D eigenvalue weighted by molar-refractivity contribution is 7.25. The Hall–Kier alpha value is -5.18. The van der Waals surface area contributed by atoms with Crippen LogP contribution in [0.5, 0.6) is 0 Å². The zero-order chi connectivity index (χ0) is 27.4. The Morgan fingerprint density at radius 1 is 0.381 bits per heavy atom. The molecule has 0 amide bonds. The van der Waals surface area contributed by atoms with Gasteiger partial charge in [0.2, 0.25) is 0 Å². The van der Waals surface area contributed by atoms with E-state index in [0.717, 1.165) is 0 Å². The fourth-order valence-corrected chi connectivity index (χ4v) is 8.42. The molecule has 10 rings (SSSR count). The molecule has 0 unspecified atom stereocenters. The average molecular weight is 550 g/mol. The van der Waals surface area contributed by atoms with Crippen LogP contribution in [0.15, 0.2) is 140 Å². The van der Waals surface area contributed by atoms with Gasteiger partial charge in [-0.25, -0.2) is 0 Å². The maximum atomic E-state index is 2.51. The lowest BCUT2D eigenvalue weighted by Crippen LogP contribution is -1.95. The summed E-state index contributed by atoms with van der Waals surface area (Å²) in [6.45, 7) is 0. The van der Waals surface area contributed by atoms with Gasteiger partial charge in [-0.15, -0.1) is 11.3 Å². The van der Waals surface area contributed by atoms with Crippen molar-refractivity contribution in [3.05, 3.63) is 140 Å². The van der Waals surface area contributed by atoms with Crippen molar-refractivity contribution < 1.29 is 0 Å². The van der Waals surface area contributed by atoms with Crippen molar-refractivity contribution in [3.8, 4) is 5.69 Å². The van der Waals surface area contributed by atoms with Crippen LogP contribution in [0.2, 0.25) is 0 Å². The molecular weight excluding hydrogens is 527 g/mol. The van der Waals surface area contributed by atoms with Gasteiger partial charge in [0.1, 0.15) is 0 Å². The molecule has 0 aliphatic heterocycles. The summed E-state index contributed by atoms with van der Waals surface area (Å²) >= 11 is 1.89. The Kier molecular flexibility index (Phi) is 4.39. The standard InChI is InChI=1S/C40H23NS/c1-2-11-26-22-37-33(21-25(26)10-1)34-23-27(18-20-36(34)42-37)41-35-16-8-7-15-31(35)39-32-19-17-24-9-3-4-12-28(24)38(32)29-13-5-6-14-30(29)40(39)41/h1-23H. The number of rotatable bonds is 1. The van der Waals surface area contributed by atoms with Crippen LogP contribution in [0.25, 0.3) is 90.8 Å². The van der Waals surface area contributed by atoms with Gasteiger partial charge in [-0.05, 0) is 74.1 Å². The molecule has 0 radical (unpaired) electrons. The highest BCUT2D eigenvalue weighted by Gasteiger charge is 2.20. The summed E-state index contributed by atoms with van der Waals surface area (Å²) < 4.78 is 5.17. The second-order valence-corrected chi connectivity index (χ2v) is 12.4. The average Bonchev–Trinajstić information content (AvgIpc) is 3.58. The predicted octanol–water partition coefficient (Wildman–Crippen LogP) is 11.8. The maximum Gasteiger partial charge on any atom is 0.0625 e. The van der Waals surface area contributed by atoms with Crippen molar-refractivity contribution in [1.82, 2.24) is 4.57 Å². The van der Waals surface area contributed by atoms with Crippen molar-refractivity contribution in [2.75, 3.05) is 0 Å². The van der Waals surface area contributed by atoms with Crippen LogP contribution in [0.4, 0.5) is 0 Å². The monoisotopic (exact) mass is 549 g/mol. The minimum absolute atomic E-state index is 1.20. The fourth-order valence-electron chi connectivity index (χ4n) is 7.30. The van der Waals surface area contributed by atoms with Gasteiger partial charge in [0, 0.05) is 42.0 Å². The molecular formula is C40H23NS. The molecule has 2 heterocycles. The highest BCUT2D eigenvalue weighted by Crippen LogP contribution is 2.45. The molecule has 194 valence electrons. The zero-order valence-electron chi connectivity index (χ0n) is 22.6. The van der Waals surface area contributed by atoms with Gasteiger partial charge in [-0.3, -0.25) is 0 Å². The molecule has 2 heteroatoms. The van der Waals surface area contributed by atoms with Crippen LogP contribution in [0.3, 0.4) is 0 Å². The van der Waals surface area contributed by atoms with Crippen LogP contribution < -0.4 is 0 Å². The SMILES string of the molecule is c1ccc2cc3c(cc2c1)sc1ccc(-n2c4ccccc4c4c5ccc6ccccc6c5c5ccccc5c42)cc13. The lowest BCUT2D eigenvalue weighted by molar-refractivity contribution is 1.19. The van der Waals surface area contributed by atoms with E-state index in [4.69, 9.17) is 0 Å². The number of fused-ring (bicyclic) bond motifs is 14. The summed E-state index contributed by atoms with van der Waals surface area (Å²) in [5.41, 5.74) is 3.72. The summed E-state index contributed by atoms with van der Waals surface area (Å²) in [6.07, 6.45) is 0. The molecule has 0 bridgehead atoms. The summed E-state index contributed by atoms with van der Waals surface area (Å²) in [5, 5.41) is 15.7. The highest BCUT2D eigenvalue weighted by atomic mass is 32.1. The number of thiophene rings is 1. The van der Waals surface area contributed by atoms with Crippen molar-refractivity contribution in [2.24, 2.45) is 0 Å². The Balaban J connectivity index is 1.40. The van der Waals surface area contributed by atoms with Crippen molar-refractivity contribution in [2.45, 2.75) is 0 Å². The second kappa shape index (κ2) is 8.19. The van der Waals surface area contributed by atoms with E-state index in [2.05, 4.69) is 144 Å². The Labute approximate surface area is 245 Å². The van der Waals surface area contributed by atoms with Crippen LogP contribution in [-0.2, 0) is 0 Å². The van der Waals surface area contributed by atoms with E-state index >= 15 is 0 Å². The minimum Gasteiger partial charge on any atom is -0.309 e. The molecule has 0 aliphatic rings. The van der Waals surface area contributed by atoms with Gasteiger partial charge in [0.05, 0.1) is 11.0 Å². The van der Waals surface area contributed by atoms with Gasteiger partial charge in [0.25, 0.3) is 0 Å². The first-order valence-electron chi connectivity index (χ1n) is 14.4. The lowest BCUT2D eigenvalue weighted by Gasteiger charge is -2.14. The fraction of sp³-hybridized carbons (Fsp3) is 0. The molecule has 0 saturated carbocycles. The second-order valence-electron chi connectivity index (χ2n) is 11.3. The predicted molar refractivity (Wildman–Crippen MR) is 184 cm³/mol. The third kappa shape index (κ3) is 2.92. The zero-order valence-corrected chi connectivity index (χ0v) is 23.5. The van der Waals surface area contributed by atoms with Crippen LogP contribution >= 0.6 is 11.3 Å². The molecule has 0 atom stereocenters. The van der Waals surface area contributed by atoms with Crippen LogP contribution in [-0.4, -0.2) is 4.57 Å². The molecule has 0 N–H and O–H groups in total. The quantitative estimate of drug-likeness (QED) is 0.179. The van der Waals surface area contributed by atoms with E-state index in [9.17, 15) is 0 Å². The van der Waals surface area contributed by atoms with Crippen LogP contribution in [0.1, 0.15) is 0 Å². The van der Waals surface area contributed by atoms with E-state index in [1.165, 1.54) is 90.8 Å². The summed E-state index contributed by atoms with van der Waals surface area (Å²) in [5.74, 6) is 0. The number of nitrogens with zero attached hydrogens (tertiary/aromatic N) is 1. The number of para-hydroxylation sites is 1. The van der Waals surface area contributed by atoms with E-state index in [1.807, 2.05) is 11.3 Å². The van der Waals surface area contributed by atoms with Gasteiger partial charge < -0.3 is 4.57 Å². The van der Waals surface area contributed by atoms with Crippen LogP contribution in [0, 0.1) is 0 Å². The largest absolute Gasteiger partial charge is 0.309 e. The smallest absolute Gasteiger partial charge is 0.0625 e. The number of hydrogen-bond donors (Lipinski definition) is 0. The van der Waals surface area contributed by atoms with Crippen molar-refractivity contribution >= 4 is 96.4 Å². The normalized spacial score (nSPS) is 12.3. The van der Waals surface area contributed by atoms with Gasteiger partial charge in [0.15, 0.2) is 0 Å². The summed E-state index contributed by atoms with van der Waals surface area (Å²) in [4.78, 5) is 0. The number of benzene rings is 8. The number of hydrogen-bond acceptors (Lipinski definition) is 1. The minimum atomic E-state index is 1.20. The summed E-state index contributed by atoms with van der Waals surface area (Å²) in [7, 11) is 0. The molecule has 0 aliphatic carbocycles. The first kappa shape index (κ1) is 22.5. The number of aromatic nitrogens is 1. The molecule has 1 nitrogen and oxygen atoms in total. The Morgan fingerprint density at radius 2 is 1.05 bits per heavy atom.